The van der Waals surface area contributed by atoms with E-state index in [4.69, 9.17) is 0 Å². The van der Waals surface area contributed by atoms with Crippen LogP contribution < -0.4 is 0 Å². The molecule has 2 rings (SSSR count). The molecule has 2 unspecified atom stereocenters. The first-order chi connectivity index (χ1) is 9.35. The van der Waals surface area contributed by atoms with Crippen LogP contribution in [0.4, 0.5) is 0 Å². The highest BCUT2D eigenvalue weighted by molar-refractivity contribution is 5.88. The SMILES string of the molecule is CC(C)CC1(C(=O)N2CC(O)CC2C(=O)O)CCCC1. The molecule has 2 N–H and O–H groups in total. The van der Waals surface area contributed by atoms with Gasteiger partial charge in [-0.05, 0) is 25.2 Å². The van der Waals surface area contributed by atoms with E-state index in [2.05, 4.69) is 13.8 Å². The number of aliphatic carboxylic acids is 1. The van der Waals surface area contributed by atoms with Gasteiger partial charge >= 0.3 is 5.97 Å². The number of hydrogen-bond acceptors (Lipinski definition) is 3. The van der Waals surface area contributed by atoms with Crippen LogP contribution in [-0.4, -0.2) is 45.7 Å². The summed E-state index contributed by atoms with van der Waals surface area (Å²) in [6.45, 7) is 4.36. The van der Waals surface area contributed by atoms with Crippen molar-refractivity contribution < 1.29 is 19.8 Å². The number of amides is 1. The number of nitrogens with zero attached hydrogens (tertiary/aromatic N) is 1. The van der Waals surface area contributed by atoms with Crippen molar-refractivity contribution in [2.45, 2.75) is 64.5 Å². The predicted molar refractivity (Wildman–Crippen MR) is 74.1 cm³/mol. The zero-order valence-electron chi connectivity index (χ0n) is 12.3. The number of aliphatic hydroxyl groups is 1. The summed E-state index contributed by atoms with van der Waals surface area (Å²) in [5, 5.41) is 19.0. The molecule has 1 saturated heterocycles. The average Bonchev–Trinajstić information content (AvgIpc) is 2.95. The van der Waals surface area contributed by atoms with Gasteiger partial charge in [-0.25, -0.2) is 4.79 Å². The smallest absolute Gasteiger partial charge is 0.326 e. The summed E-state index contributed by atoms with van der Waals surface area (Å²) in [5.74, 6) is -0.645. The maximum Gasteiger partial charge on any atom is 0.326 e. The molecule has 2 fully saturated rings. The Morgan fingerprint density at radius 2 is 1.90 bits per heavy atom. The summed E-state index contributed by atoms with van der Waals surface area (Å²) < 4.78 is 0. The van der Waals surface area contributed by atoms with Crippen LogP contribution in [0.3, 0.4) is 0 Å². The third kappa shape index (κ3) is 2.82. The Morgan fingerprint density at radius 1 is 1.30 bits per heavy atom. The molecule has 5 nitrogen and oxygen atoms in total. The van der Waals surface area contributed by atoms with Gasteiger partial charge in [0.2, 0.25) is 5.91 Å². The highest BCUT2D eigenvalue weighted by atomic mass is 16.4. The Hall–Kier alpha value is -1.10. The molecule has 20 heavy (non-hydrogen) atoms. The van der Waals surface area contributed by atoms with Crippen LogP contribution >= 0.6 is 0 Å². The maximum absolute atomic E-state index is 12.9. The van der Waals surface area contributed by atoms with Crippen LogP contribution in [-0.2, 0) is 9.59 Å². The maximum atomic E-state index is 12.9. The van der Waals surface area contributed by atoms with E-state index in [9.17, 15) is 19.8 Å². The van der Waals surface area contributed by atoms with Crippen molar-refractivity contribution in [1.29, 1.82) is 0 Å². The van der Waals surface area contributed by atoms with Gasteiger partial charge in [0.25, 0.3) is 0 Å². The summed E-state index contributed by atoms with van der Waals surface area (Å²) in [7, 11) is 0. The molecule has 2 atom stereocenters. The average molecular weight is 283 g/mol. The molecule has 0 spiro atoms. The van der Waals surface area contributed by atoms with E-state index in [0.29, 0.717) is 5.92 Å². The number of rotatable bonds is 4. The number of carbonyl (C=O) groups is 2. The number of carboxylic acid groups (broad SMARTS) is 1. The Labute approximate surface area is 120 Å². The number of likely N-dealkylation sites (tertiary alicyclic amines) is 1. The summed E-state index contributed by atoms with van der Waals surface area (Å²) in [4.78, 5) is 25.6. The quantitative estimate of drug-likeness (QED) is 0.822. The lowest BCUT2D eigenvalue weighted by Crippen LogP contribution is -2.48. The second-order valence-corrected chi connectivity index (χ2v) is 6.79. The zero-order valence-corrected chi connectivity index (χ0v) is 12.3. The topological polar surface area (TPSA) is 77.8 Å². The standard InChI is InChI=1S/C15H25NO4/c1-10(2)8-15(5-3-4-6-15)14(20)16-9-11(17)7-12(16)13(18)19/h10-12,17H,3-9H2,1-2H3,(H,18,19). The molecule has 0 aromatic carbocycles. The van der Waals surface area contributed by atoms with Crippen molar-refractivity contribution in [1.82, 2.24) is 4.90 Å². The number of hydrogen-bond donors (Lipinski definition) is 2. The third-order valence-electron chi connectivity index (χ3n) is 4.64. The zero-order chi connectivity index (χ0) is 14.9. The molecule has 1 aliphatic carbocycles. The van der Waals surface area contributed by atoms with Crippen molar-refractivity contribution in [2.75, 3.05) is 6.54 Å². The van der Waals surface area contributed by atoms with Crippen LogP contribution in [0.5, 0.6) is 0 Å². The lowest BCUT2D eigenvalue weighted by atomic mass is 9.77. The first-order valence-corrected chi connectivity index (χ1v) is 7.58. The highest BCUT2D eigenvalue weighted by Gasteiger charge is 2.49. The Bertz CT molecular complexity index is 387. The molecule has 5 heteroatoms. The lowest BCUT2D eigenvalue weighted by Gasteiger charge is -2.35. The van der Waals surface area contributed by atoms with Crippen molar-refractivity contribution >= 4 is 11.9 Å². The van der Waals surface area contributed by atoms with Crippen molar-refractivity contribution in [3.05, 3.63) is 0 Å². The molecule has 2 aliphatic rings. The molecule has 1 aliphatic heterocycles. The van der Waals surface area contributed by atoms with E-state index in [-0.39, 0.29) is 18.9 Å². The molecular weight excluding hydrogens is 258 g/mol. The fraction of sp³-hybridized carbons (Fsp3) is 0.867. The summed E-state index contributed by atoms with van der Waals surface area (Å²) >= 11 is 0. The third-order valence-corrected chi connectivity index (χ3v) is 4.64. The van der Waals surface area contributed by atoms with E-state index in [1.807, 2.05) is 0 Å². The summed E-state index contributed by atoms with van der Waals surface area (Å²) in [6.07, 6.45) is 4.02. The van der Waals surface area contributed by atoms with Crippen LogP contribution in [0.15, 0.2) is 0 Å². The molecule has 0 radical (unpaired) electrons. The largest absolute Gasteiger partial charge is 0.480 e. The Balaban J connectivity index is 2.21. The first-order valence-electron chi connectivity index (χ1n) is 7.58. The van der Waals surface area contributed by atoms with Gasteiger partial charge in [0.15, 0.2) is 0 Å². The summed E-state index contributed by atoms with van der Waals surface area (Å²) in [6, 6.07) is -0.859. The van der Waals surface area contributed by atoms with Crippen molar-refractivity contribution in [3.63, 3.8) is 0 Å². The minimum absolute atomic E-state index is 0.0485. The Morgan fingerprint density at radius 3 is 2.40 bits per heavy atom. The van der Waals surface area contributed by atoms with Crippen molar-refractivity contribution in [2.24, 2.45) is 11.3 Å². The van der Waals surface area contributed by atoms with Gasteiger partial charge in [0.05, 0.1) is 6.10 Å². The molecule has 1 saturated carbocycles. The summed E-state index contributed by atoms with van der Waals surface area (Å²) in [5.41, 5.74) is -0.397. The lowest BCUT2D eigenvalue weighted by molar-refractivity contribution is -0.153. The molecule has 1 heterocycles. The minimum Gasteiger partial charge on any atom is -0.480 e. The number of β-amino-alcohol motifs (C(OH)–C–C–N with tert-alkyl or cyclic N) is 1. The van der Waals surface area contributed by atoms with Gasteiger partial charge in [0, 0.05) is 18.4 Å². The predicted octanol–water partition coefficient (Wildman–Crippen LogP) is 1.64. The van der Waals surface area contributed by atoms with Gasteiger partial charge in [0.1, 0.15) is 6.04 Å². The highest BCUT2D eigenvalue weighted by Crippen LogP contribution is 2.45. The molecule has 1 amide bonds. The molecule has 0 bridgehead atoms. The number of carboxylic acids is 1. The van der Waals surface area contributed by atoms with Gasteiger partial charge < -0.3 is 15.1 Å². The van der Waals surface area contributed by atoms with E-state index in [1.54, 1.807) is 0 Å². The molecule has 114 valence electrons. The van der Waals surface area contributed by atoms with E-state index < -0.39 is 23.5 Å². The number of aliphatic hydroxyl groups excluding tert-OH is 1. The fourth-order valence-corrected chi connectivity index (χ4v) is 3.92. The minimum atomic E-state index is -1.01. The van der Waals surface area contributed by atoms with Crippen LogP contribution in [0.2, 0.25) is 0 Å². The van der Waals surface area contributed by atoms with Gasteiger partial charge in [-0.1, -0.05) is 26.7 Å². The fourth-order valence-electron chi connectivity index (χ4n) is 3.92. The second kappa shape index (κ2) is 5.72. The Kier molecular flexibility index (Phi) is 4.37. The van der Waals surface area contributed by atoms with E-state index in [1.165, 1.54) is 4.90 Å². The molecule has 0 aromatic heterocycles. The normalized spacial score (nSPS) is 29.1. The van der Waals surface area contributed by atoms with Crippen LogP contribution in [0.1, 0.15) is 52.4 Å². The van der Waals surface area contributed by atoms with Crippen molar-refractivity contribution in [3.8, 4) is 0 Å². The van der Waals surface area contributed by atoms with Gasteiger partial charge in [-0.2, -0.15) is 0 Å². The number of carbonyl (C=O) groups excluding carboxylic acids is 1. The molecular formula is C15H25NO4. The van der Waals surface area contributed by atoms with E-state index >= 15 is 0 Å². The molecule has 0 aromatic rings. The van der Waals surface area contributed by atoms with Gasteiger partial charge in [-0.15, -0.1) is 0 Å². The van der Waals surface area contributed by atoms with Crippen LogP contribution in [0.25, 0.3) is 0 Å². The van der Waals surface area contributed by atoms with Gasteiger partial charge in [-0.3, -0.25) is 4.79 Å². The van der Waals surface area contributed by atoms with Crippen LogP contribution in [0, 0.1) is 11.3 Å². The second-order valence-electron chi connectivity index (χ2n) is 6.79. The monoisotopic (exact) mass is 283 g/mol. The first kappa shape index (κ1) is 15.3. The van der Waals surface area contributed by atoms with E-state index in [0.717, 1.165) is 32.1 Å².